The number of aliphatic hydroxyl groups is 3. The highest BCUT2D eigenvalue weighted by Crippen LogP contribution is 2.36. The van der Waals surface area contributed by atoms with Crippen molar-refractivity contribution in [3.05, 3.63) is 0 Å². The van der Waals surface area contributed by atoms with E-state index in [9.17, 15) is 15.3 Å². The van der Waals surface area contributed by atoms with Gasteiger partial charge in [-0.05, 0) is 12.8 Å². The van der Waals surface area contributed by atoms with Crippen molar-refractivity contribution in [2.75, 3.05) is 118 Å². The van der Waals surface area contributed by atoms with Gasteiger partial charge in [0.15, 0.2) is 25.2 Å². The Morgan fingerprint density at radius 2 is 0.689 bits per heavy atom. The highest BCUT2D eigenvalue weighted by molar-refractivity contribution is 4.98. The van der Waals surface area contributed by atoms with Gasteiger partial charge in [-0.25, -0.2) is 0 Å². The van der Waals surface area contributed by atoms with E-state index in [-0.39, 0.29) is 52.5 Å². The van der Waals surface area contributed by atoms with Gasteiger partial charge in [0.05, 0.1) is 38.6 Å². The summed E-state index contributed by atoms with van der Waals surface area (Å²) in [5.41, 5.74) is 0. The van der Waals surface area contributed by atoms with Crippen LogP contribution >= 0.6 is 0 Å². The van der Waals surface area contributed by atoms with Crippen LogP contribution in [0.2, 0.25) is 0 Å². The van der Waals surface area contributed by atoms with Crippen LogP contribution in [0.15, 0.2) is 0 Å². The number of rotatable bonds is 26. The van der Waals surface area contributed by atoms with Crippen LogP contribution < -0.4 is 0 Å². The number of methoxy groups -OCH3 is 11. The zero-order chi connectivity index (χ0) is 44.6. The van der Waals surface area contributed by atoms with Crippen LogP contribution in [0, 0.1) is 0 Å². The Kier molecular flexibility index (Phi) is 23.3. The van der Waals surface area contributed by atoms with Gasteiger partial charge in [0.2, 0.25) is 0 Å². The van der Waals surface area contributed by atoms with E-state index in [1.807, 2.05) is 0 Å². The zero-order valence-corrected chi connectivity index (χ0v) is 37.3. The molecule has 4 fully saturated rings. The summed E-state index contributed by atoms with van der Waals surface area (Å²) in [7, 11) is 16.6. The third kappa shape index (κ3) is 12.5. The molecule has 3 N–H and O–H groups in total. The molecular weight excluding hydrogens is 820 g/mol. The van der Waals surface area contributed by atoms with E-state index in [1.165, 1.54) is 56.9 Å². The van der Waals surface area contributed by atoms with Gasteiger partial charge in [-0.3, -0.25) is 0 Å². The fourth-order valence-corrected chi connectivity index (χ4v) is 8.69. The summed E-state index contributed by atoms with van der Waals surface area (Å²) in [5.74, 6) is 0. The lowest BCUT2D eigenvalue weighted by Crippen LogP contribution is -2.66. The van der Waals surface area contributed by atoms with Crippen molar-refractivity contribution >= 4 is 0 Å². The molecule has 11 unspecified atom stereocenters. The van der Waals surface area contributed by atoms with E-state index in [4.69, 9.17) is 90.0 Å². The quantitative estimate of drug-likeness (QED) is 0.0817. The monoisotopic (exact) mass is 892 g/mol. The molecule has 4 aliphatic heterocycles. The van der Waals surface area contributed by atoms with E-state index in [1.54, 1.807) is 21.3 Å². The van der Waals surface area contributed by atoms with Gasteiger partial charge in [-0.1, -0.05) is 0 Å². The topological polar surface area (TPSA) is 236 Å². The van der Waals surface area contributed by atoms with E-state index < -0.39 is 123 Å². The van der Waals surface area contributed by atoms with Crippen LogP contribution in [-0.2, 0) is 90.0 Å². The van der Waals surface area contributed by atoms with E-state index in [0.717, 1.165) is 0 Å². The Morgan fingerprint density at radius 3 is 1.13 bits per heavy atom. The summed E-state index contributed by atoms with van der Waals surface area (Å²) in [4.78, 5) is 0. The summed E-state index contributed by atoms with van der Waals surface area (Å²) >= 11 is 0. The minimum absolute atomic E-state index is 0.0446. The lowest BCUT2D eigenvalue weighted by molar-refractivity contribution is -0.370. The van der Waals surface area contributed by atoms with Crippen molar-refractivity contribution in [3.63, 3.8) is 0 Å². The summed E-state index contributed by atoms with van der Waals surface area (Å²) in [5, 5.41) is 31.4. The zero-order valence-electron chi connectivity index (χ0n) is 37.3. The molecule has 0 aromatic rings. The first-order valence-corrected chi connectivity index (χ1v) is 20.4. The second-order valence-electron chi connectivity index (χ2n) is 14.8. The number of aliphatic hydroxyl groups excluding tert-OH is 3. The molecule has 0 radical (unpaired) electrons. The Hall–Kier alpha value is -0.880. The Labute approximate surface area is 358 Å². The van der Waals surface area contributed by atoms with Gasteiger partial charge in [-0.2, -0.15) is 0 Å². The molecule has 0 bridgehead atoms. The highest BCUT2D eigenvalue weighted by Gasteiger charge is 2.55. The largest absolute Gasteiger partial charge is 0.396 e. The molecule has 61 heavy (non-hydrogen) atoms. The van der Waals surface area contributed by atoms with E-state index >= 15 is 0 Å². The molecule has 0 amide bonds. The molecule has 0 spiro atoms. The summed E-state index contributed by atoms with van der Waals surface area (Å²) < 4.78 is 113. The third-order valence-electron chi connectivity index (χ3n) is 11.6. The molecular formula is C39H72O22. The van der Waals surface area contributed by atoms with Crippen molar-refractivity contribution in [1.29, 1.82) is 0 Å². The Morgan fingerprint density at radius 1 is 0.361 bits per heavy atom. The second-order valence-corrected chi connectivity index (χ2v) is 14.8. The van der Waals surface area contributed by atoms with Crippen LogP contribution in [0.5, 0.6) is 0 Å². The normalized spacial score (nSPS) is 42.2. The molecule has 0 aromatic heterocycles. The van der Waals surface area contributed by atoms with Crippen molar-refractivity contribution in [2.45, 2.75) is 136 Å². The summed E-state index contributed by atoms with van der Waals surface area (Å²) in [6, 6.07) is 0. The van der Waals surface area contributed by atoms with Gasteiger partial charge in [0, 0.05) is 91.4 Å². The van der Waals surface area contributed by atoms with Crippen LogP contribution in [0.1, 0.15) is 12.8 Å². The summed E-state index contributed by atoms with van der Waals surface area (Å²) in [6.07, 6.45) is -15.9. The average molecular weight is 893 g/mol. The fraction of sp³-hybridized carbons (Fsp3) is 1.00. The summed E-state index contributed by atoms with van der Waals surface area (Å²) in [6.45, 7) is -0.280. The minimum Gasteiger partial charge on any atom is -0.396 e. The van der Waals surface area contributed by atoms with Crippen molar-refractivity contribution in [3.8, 4) is 0 Å². The van der Waals surface area contributed by atoms with Gasteiger partial charge in [0.1, 0.15) is 85.5 Å². The number of hydrogen-bond donors (Lipinski definition) is 3. The Bertz CT molecular complexity index is 1180. The molecule has 22 nitrogen and oxygen atoms in total. The molecule has 0 saturated carbocycles. The molecule has 360 valence electrons. The van der Waals surface area contributed by atoms with E-state index in [2.05, 4.69) is 0 Å². The maximum atomic E-state index is 11.5. The van der Waals surface area contributed by atoms with Gasteiger partial charge >= 0.3 is 0 Å². The van der Waals surface area contributed by atoms with Crippen LogP contribution in [0.25, 0.3) is 0 Å². The third-order valence-corrected chi connectivity index (χ3v) is 11.6. The van der Waals surface area contributed by atoms with Crippen LogP contribution in [0.3, 0.4) is 0 Å². The van der Waals surface area contributed by atoms with Crippen LogP contribution in [0.4, 0.5) is 0 Å². The van der Waals surface area contributed by atoms with Gasteiger partial charge < -0.3 is 105 Å². The average Bonchev–Trinajstić information content (AvgIpc) is 3.26. The molecule has 0 aliphatic carbocycles. The van der Waals surface area contributed by atoms with Crippen molar-refractivity contribution in [1.82, 2.24) is 0 Å². The van der Waals surface area contributed by atoms with Crippen molar-refractivity contribution in [2.24, 2.45) is 0 Å². The molecule has 4 saturated heterocycles. The van der Waals surface area contributed by atoms with Crippen LogP contribution in [-0.4, -0.2) is 256 Å². The first-order valence-electron chi connectivity index (χ1n) is 20.4. The predicted octanol–water partition coefficient (Wildman–Crippen LogP) is -1.76. The van der Waals surface area contributed by atoms with Gasteiger partial charge in [0.25, 0.3) is 0 Å². The maximum absolute atomic E-state index is 11.5. The fourth-order valence-electron chi connectivity index (χ4n) is 8.69. The second kappa shape index (κ2) is 26.9. The first-order chi connectivity index (χ1) is 29.6. The van der Waals surface area contributed by atoms with Gasteiger partial charge in [-0.15, -0.1) is 0 Å². The molecule has 4 rings (SSSR count). The molecule has 4 aliphatic rings. The molecule has 22 heteroatoms. The number of ether oxygens (including phenoxy) is 19. The lowest BCUT2D eigenvalue weighted by Gasteiger charge is -2.49. The lowest BCUT2D eigenvalue weighted by atomic mass is 9.94. The standard InChI is InChI=1S/C39H72O22/c1-43-18-22-26(46-4)31(49-7)35(53-11)39(59-22)61-28-23(19-44-2)58-36(24(42)29(28)47-5)54-16-17-55-37-33(51-9)32(50-8)27(21(56-37)13-15-41)60-38-34(52-10)30(48-6)25(45-3)20(57-38)12-14-40/h20-42H,12-19H2,1-11H3/t20?,21?,22-,23?,24?,25-,26?,27+,28+,29?,30-,31?,32-,33?,34?,35?,36-,37?,38+,39+/m1/s1. The Balaban J connectivity index is 1.43. The first kappa shape index (κ1) is 52.7. The molecule has 4 heterocycles. The smallest absolute Gasteiger partial charge is 0.187 e. The van der Waals surface area contributed by atoms with Crippen molar-refractivity contribution < 1.29 is 105 Å². The van der Waals surface area contributed by atoms with E-state index in [0.29, 0.717) is 0 Å². The number of hydrogen-bond acceptors (Lipinski definition) is 22. The minimum atomic E-state index is -1.33. The SMILES string of the molecule is COCC1O[C@@H](OCCOC2OC(CCO)[C@H](O[C@@H]3OC(CCO)[C@@H](OC)[C@@H](OC)C3OC)[C@@H](OC)C2OC)C(O)C(OC)[C@H]1O[C@@H]1O[C@H](COC)C(OC)C(OC)C1OC. The maximum Gasteiger partial charge on any atom is 0.187 e. The highest BCUT2D eigenvalue weighted by atomic mass is 16.8. The predicted molar refractivity (Wildman–Crippen MR) is 207 cm³/mol. The molecule has 20 atom stereocenters. The molecule has 0 aromatic carbocycles.